The highest BCUT2D eigenvalue weighted by atomic mass is 35.5. The van der Waals surface area contributed by atoms with Crippen molar-refractivity contribution in [1.82, 2.24) is 4.90 Å². The Kier molecular flexibility index (Phi) is 5.02. The molecule has 1 saturated heterocycles. The summed E-state index contributed by atoms with van der Waals surface area (Å²) in [5, 5.41) is 10.3. The lowest BCUT2D eigenvalue weighted by Gasteiger charge is -2.40. The second-order valence-corrected chi connectivity index (χ2v) is 6.01. The molecule has 0 spiro atoms. The van der Waals surface area contributed by atoms with E-state index in [1.807, 2.05) is 0 Å². The Hall–Kier alpha value is -1.27. The number of likely N-dealkylation sites (tertiary alicyclic amines) is 1. The van der Waals surface area contributed by atoms with Gasteiger partial charge in [0, 0.05) is 18.0 Å². The molecule has 1 aromatic carbocycles. The van der Waals surface area contributed by atoms with E-state index in [1.54, 1.807) is 24.3 Å². The fraction of sp³-hybridized carbons (Fsp3) is 0.533. The van der Waals surface area contributed by atoms with Crippen LogP contribution in [0.25, 0.3) is 0 Å². The average molecular weight is 336 g/mol. The average Bonchev–Trinajstić information content (AvgIpc) is 2.45. The number of hydrogen-bond acceptors (Lipinski definition) is 2. The molecular weight excluding hydrogens is 319 g/mol. The Bertz CT molecular complexity index is 533. The summed E-state index contributed by atoms with van der Waals surface area (Å²) in [5.74, 6) is -0.377. The van der Waals surface area contributed by atoms with Crippen LogP contribution < -0.4 is 0 Å². The van der Waals surface area contributed by atoms with Crippen LogP contribution in [0.3, 0.4) is 0 Å². The van der Waals surface area contributed by atoms with Gasteiger partial charge in [-0.1, -0.05) is 23.7 Å². The Labute approximate surface area is 131 Å². The number of aliphatic hydroxyl groups is 1. The minimum atomic E-state index is -4.72. The summed E-state index contributed by atoms with van der Waals surface area (Å²) in [7, 11) is 0. The summed E-state index contributed by atoms with van der Waals surface area (Å²) in [6, 6.07) is 6.95. The molecule has 2 rings (SSSR count). The van der Waals surface area contributed by atoms with Gasteiger partial charge in [0.05, 0.1) is 6.54 Å². The van der Waals surface area contributed by atoms with E-state index >= 15 is 0 Å². The van der Waals surface area contributed by atoms with E-state index in [0.29, 0.717) is 11.4 Å². The Balaban J connectivity index is 1.93. The van der Waals surface area contributed by atoms with E-state index in [1.165, 1.54) is 0 Å². The van der Waals surface area contributed by atoms with Crippen molar-refractivity contribution in [2.24, 2.45) is 0 Å². The summed E-state index contributed by atoms with van der Waals surface area (Å²) in [5.41, 5.74) is -1.90. The molecule has 3 nitrogen and oxygen atoms in total. The lowest BCUT2D eigenvalue weighted by atomic mass is 9.92. The highest BCUT2D eigenvalue weighted by Crippen LogP contribution is 2.37. The number of piperidine rings is 1. The Morgan fingerprint density at radius 1 is 1.32 bits per heavy atom. The topological polar surface area (TPSA) is 40.5 Å². The van der Waals surface area contributed by atoms with Gasteiger partial charge in [0.2, 0.25) is 5.91 Å². The lowest BCUT2D eigenvalue weighted by Crippen LogP contribution is -2.58. The SMILES string of the molecule is O=C(CCc1ccc(Cl)cc1)N1CCC[C@@](O)(C(F)(F)F)C1. The monoisotopic (exact) mass is 335 g/mol. The number of carbonyl (C=O) groups is 1. The maximum atomic E-state index is 12.9. The number of rotatable bonds is 3. The van der Waals surface area contributed by atoms with Crippen molar-refractivity contribution in [3.05, 3.63) is 34.9 Å². The number of hydrogen-bond donors (Lipinski definition) is 1. The van der Waals surface area contributed by atoms with Crippen molar-refractivity contribution in [1.29, 1.82) is 0 Å². The maximum absolute atomic E-state index is 12.9. The van der Waals surface area contributed by atoms with Crippen molar-refractivity contribution in [2.45, 2.75) is 37.5 Å². The quantitative estimate of drug-likeness (QED) is 0.921. The first kappa shape index (κ1) is 17.1. The predicted octanol–water partition coefficient (Wildman–Crippen LogP) is 3.19. The summed E-state index contributed by atoms with van der Waals surface area (Å²) in [4.78, 5) is 13.2. The molecule has 0 bridgehead atoms. The molecule has 7 heteroatoms. The number of alkyl halides is 3. The summed E-state index contributed by atoms with van der Waals surface area (Å²) in [6.07, 6.45) is -4.41. The highest BCUT2D eigenvalue weighted by Gasteiger charge is 2.55. The van der Waals surface area contributed by atoms with Crippen LogP contribution in [0.5, 0.6) is 0 Å². The van der Waals surface area contributed by atoms with Gasteiger partial charge in [-0.2, -0.15) is 13.2 Å². The largest absolute Gasteiger partial charge is 0.418 e. The van der Waals surface area contributed by atoms with Crippen LogP contribution in [-0.4, -0.2) is 40.8 Å². The van der Waals surface area contributed by atoms with E-state index < -0.39 is 18.3 Å². The molecule has 0 aliphatic carbocycles. The third-order valence-electron chi connectivity index (χ3n) is 3.89. The summed E-state index contributed by atoms with van der Waals surface area (Å²) >= 11 is 5.76. The standard InChI is InChI=1S/C15H17ClF3NO2/c16-12-5-2-11(3-6-12)4-7-13(21)20-9-1-8-14(22,10-20)15(17,18)19/h2-3,5-6,22H,1,4,7-10H2/t14-/m0/s1. The number of nitrogens with zero attached hydrogens (tertiary/aromatic N) is 1. The van der Waals surface area contributed by atoms with E-state index in [0.717, 1.165) is 10.5 Å². The van der Waals surface area contributed by atoms with Gasteiger partial charge in [-0.05, 0) is 37.0 Å². The van der Waals surface area contributed by atoms with Gasteiger partial charge in [0.1, 0.15) is 0 Å². The number of aryl methyl sites for hydroxylation is 1. The van der Waals surface area contributed by atoms with Crippen molar-refractivity contribution in [2.75, 3.05) is 13.1 Å². The van der Waals surface area contributed by atoms with E-state index in [9.17, 15) is 23.1 Å². The fourth-order valence-electron chi connectivity index (χ4n) is 2.54. The molecule has 1 aliphatic heterocycles. The molecule has 1 atom stereocenters. The smallest absolute Gasteiger partial charge is 0.379 e. The van der Waals surface area contributed by atoms with Gasteiger partial charge >= 0.3 is 6.18 Å². The molecule has 1 heterocycles. The molecule has 0 saturated carbocycles. The van der Waals surface area contributed by atoms with Gasteiger partial charge in [0.25, 0.3) is 0 Å². The van der Waals surface area contributed by atoms with Crippen LogP contribution in [0.1, 0.15) is 24.8 Å². The van der Waals surface area contributed by atoms with Crippen LogP contribution in [0, 0.1) is 0 Å². The predicted molar refractivity (Wildman–Crippen MR) is 76.6 cm³/mol. The zero-order valence-corrected chi connectivity index (χ0v) is 12.6. The number of β-amino-alcohol motifs (C(OH)–C–C–N with tert-alkyl or cyclic N) is 1. The van der Waals surface area contributed by atoms with Crippen molar-refractivity contribution in [3.63, 3.8) is 0 Å². The molecule has 1 amide bonds. The van der Waals surface area contributed by atoms with Crippen LogP contribution in [0.15, 0.2) is 24.3 Å². The zero-order chi connectivity index (χ0) is 16.4. The van der Waals surface area contributed by atoms with E-state index in [2.05, 4.69) is 0 Å². The van der Waals surface area contributed by atoms with Crippen LogP contribution in [0.2, 0.25) is 5.02 Å². The van der Waals surface area contributed by atoms with Gasteiger partial charge in [-0.15, -0.1) is 0 Å². The first-order valence-electron chi connectivity index (χ1n) is 7.03. The van der Waals surface area contributed by atoms with Crippen LogP contribution in [-0.2, 0) is 11.2 Å². The van der Waals surface area contributed by atoms with Crippen molar-refractivity contribution in [3.8, 4) is 0 Å². The van der Waals surface area contributed by atoms with Gasteiger partial charge in [-0.3, -0.25) is 4.79 Å². The van der Waals surface area contributed by atoms with Crippen LogP contribution >= 0.6 is 11.6 Å². The number of amides is 1. The number of halogens is 4. The summed E-state index contributed by atoms with van der Waals surface area (Å²) < 4.78 is 38.6. The molecule has 1 fully saturated rings. The lowest BCUT2D eigenvalue weighted by molar-refractivity contribution is -0.272. The van der Waals surface area contributed by atoms with Crippen molar-refractivity contribution >= 4 is 17.5 Å². The third-order valence-corrected chi connectivity index (χ3v) is 4.14. The van der Waals surface area contributed by atoms with Crippen molar-refractivity contribution < 1.29 is 23.1 Å². The number of carbonyl (C=O) groups excluding carboxylic acids is 1. The minimum Gasteiger partial charge on any atom is -0.379 e. The molecule has 22 heavy (non-hydrogen) atoms. The molecule has 1 N–H and O–H groups in total. The molecule has 0 unspecified atom stereocenters. The minimum absolute atomic E-state index is 0.107. The fourth-order valence-corrected chi connectivity index (χ4v) is 2.67. The molecule has 1 aliphatic rings. The highest BCUT2D eigenvalue weighted by molar-refractivity contribution is 6.30. The van der Waals surface area contributed by atoms with Crippen LogP contribution in [0.4, 0.5) is 13.2 Å². The third kappa shape index (κ3) is 3.93. The Morgan fingerprint density at radius 3 is 2.55 bits per heavy atom. The normalized spacial score (nSPS) is 22.7. The van der Waals surface area contributed by atoms with Gasteiger partial charge in [0.15, 0.2) is 5.60 Å². The molecule has 0 radical (unpaired) electrons. The molecule has 122 valence electrons. The maximum Gasteiger partial charge on any atom is 0.418 e. The van der Waals surface area contributed by atoms with E-state index in [-0.39, 0.29) is 31.7 Å². The summed E-state index contributed by atoms with van der Waals surface area (Å²) in [6.45, 7) is -0.437. The molecule has 0 aromatic heterocycles. The Morgan fingerprint density at radius 2 is 1.95 bits per heavy atom. The van der Waals surface area contributed by atoms with Gasteiger partial charge in [-0.25, -0.2) is 0 Å². The zero-order valence-electron chi connectivity index (χ0n) is 11.9. The second-order valence-electron chi connectivity index (χ2n) is 5.57. The molecule has 1 aromatic rings. The van der Waals surface area contributed by atoms with Gasteiger partial charge < -0.3 is 10.0 Å². The van der Waals surface area contributed by atoms with E-state index in [4.69, 9.17) is 11.6 Å². The number of benzene rings is 1. The molecular formula is C15H17ClF3NO2. The first-order valence-corrected chi connectivity index (χ1v) is 7.40. The first-order chi connectivity index (χ1) is 10.2. The second kappa shape index (κ2) is 6.46.